The summed E-state index contributed by atoms with van der Waals surface area (Å²) in [6, 6.07) is 44.4. The van der Waals surface area contributed by atoms with Gasteiger partial charge in [0, 0.05) is 44.0 Å². The minimum absolute atomic E-state index is 0.343. The Labute approximate surface area is 265 Å². The fourth-order valence-electron chi connectivity index (χ4n) is 8.03. The number of benzene rings is 5. The fraction of sp³-hybridized carbons (Fsp3) is 0.0714. The zero-order chi connectivity index (χ0) is 29.6. The predicted molar refractivity (Wildman–Crippen MR) is 191 cm³/mol. The van der Waals surface area contributed by atoms with Crippen molar-refractivity contribution in [3.8, 4) is 16.8 Å². The molecule has 0 spiro atoms. The number of hydrogen-bond donors (Lipinski definition) is 0. The molecule has 10 rings (SSSR count). The van der Waals surface area contributed by atoms with Gasteiger partial charge >= 0.3 is 0 Å². The second kappa shape index (κ2) is 9.37. The summed E-state index contributed by atoms with van der Waals surface area (Å²) in [7, 11) is 0. The van der Waals surface area contributed by atoms with Crippen molar-refractivity contribution in [1.82, 2.24) is 9.55 Å². The van der Waals surface area contributed by atoms with Crippen molar-refractivity contribution in [3.63, 3.8) is 0 Å². The molecule has 0 amide bonds. The van der Waals surface area contributed by atoms with E-state index >= 15 is 0 Å². The molecule has 2 unspecified atom stereocenters. The number of pyridine rings is 1. The molecule has 0 aliphatic heterocycles. The highest BCUT2D eigenvalue weighted by Gasteiger charge is 2.34. The van der Waals surface area contributed by atoms with Crippen LogP contribution in [0.4, 0.5) is 0 Å². The first kappa shape index (κ1) is 25.1. The lowest BCUT2D eigenvalue weighted by Crippen LogP contribution is -2.19. The standard InChI is InChI=1S/C42H28N2S/c1-25-22-26(23-36-30-12-3-2-10-28(30)29-11-4-5-15-33(29)40(25)36)41-42-34(20-21-43-41)35-24-27(18-19-39(35)45-42)44-37-16-8-6-13-31(37)32-14-7-9-17-38(32)44/h2-25,40H,1H3. The number of fused-ring (bicyclic) bond motifs is 12. The number of rotatable bonds is 2. The number of thiophene rings is 1. The van der Waals surface area contributed by atoms with Crippen molar-refractivity contribution in [3.05, 3.63) is 156 Å². The van der Waals surface area contributed by atoms with Gasteiger partial charge in [-0.1, -0.05) is 97.9 Å². The molecule has 8 aromatic rings. The molecule has 5 aromatic carbocycles. The lowest BCUT2D eigenvalue weighted by Gasteiger charge is -2.36. The number of allylic oxidation sites excluding steroid dienone is 4. The molecule has 212 valence electrons. The average molecular weight is 593 g/mol. The van der Waals surface area contributed by atoms with E-state index in [1.54, 1.807) is 0 Å². The molecule has 0 saturated heterocycles. The highest BCUT2D eigenvalue weighted by atomic mass is 32.1. The second-order valence-corrected chi connectivity index (χ2v) is 13.4. The van der Waals surface area contributed by atoms with Gasteiger partial charge in [-0.15, -0.1) is 11.3 Å². The molecule has 2 nitrogen and oxygen atoms in total. The molecular formula is C42H28N2S. The lowest BCUT2D eigenvalue weighted by molar-refractivity contribution is 0.650. The van der Waals surface area contributed by atoms with Crippen molar-refractivity contribution in [1.29, 1.82) is 0 Å². The summed E-state index contributed by atoms with van der Waals surface area (Å²) >= 11 is 1.86. The third-order valence-electron chi connectivity index (χ3n) is 9.92. The fourth-order valence-corrected chi connectivity index (χ4v) is 9.22. The van der Waals surface area contributed by atoms with Crippen LogP contribution in [0.2, 0.25) is 0 Å². The highest BCUT2D eigenvalue weighted by molar-refractivity contribution is 7.26. The van der Waals surface area contributed by atoms with Gasteiger partial charge in [0.15, 0.2) is 0 Å². The van der Waals surface area contributed by atoms with Crippen molar-refractivity contribution in [2.45, 2.75) is 12.8 Å². The predicted octanol–water partition coefficient (Wildman–Crippen LogP) is 11.4. The molecule has 0 N–H and O–H groups in total. The van der Waals surface area contributed by atoms with Crippen LogP contribution < -0.4 is 0 Å². The molecule has 45 heavy (non-hydrogen) atoms. The summed E-state index contributed by atoms with van der Waals surface area (Å²) in [5, 5.41) is 5.12. The summed E-state index contributed by atoms with van der Waals surface area (Å²) in [4.78, 5) is 5.04. The maximum atomic E-state index is 5.04. The van der Waals surface area contributed by atoms with E-state index in [1.807, 2.05) is 17.5 Å². The molecule has 2 aliphatic rings. The van der Waals surface area contributed by atoms with E-state index in [2.05, 4.69) is 145 Å². The quantitative estimate of drug-likeness (QED) is 0.195. The van der Waals surface area contributed by atoms with Crippen molar-refractivity contribution >= 4 is 64.5 Å². The van der Waals surface area contributed by atoms with E-state index in [-0.39, 0.29) is 0 Å². The van der Waals surface area contributed by atoms with Crippen molar-refractivity contribution < 1.29 is 0 Å². The largest absolute Gasteiger partial charge is 0.309 e. The Balaban J connectivity index is 1.16. The molecule has 0 bridgehead atoms. The Morgan fingerprint density at radius 1 is 0.644 bits per heavy atom. The first-order valence-electron chi connectivity index (χ1n) is 15.7. The van der Waals surface area contributed by atoms with E-state index in [4.69, 9.17) is 4.98 Å². The van der Waals surface area contributed by atoms with Gasteiger partial charge in [-0.2, -0.15) is 0 Å². The van der Waals surface area contributed by atoms with Crippen LogP contribution in [0.25, 0.3) is 69.9 Å². The van der Waals surface area contributed by atoms with E-state index in [0.717, 1.165) is 5.69 Å². The van der Waals surface area contributed by atoms with Crippen LogP contribution in [-0.4, -0.2) is 9.55 Å². The highest BCUT2D eigenvalue weighted by Crippen LogP contribution is 2.53. The van der Waals surface area contributed by atoms with E-state index < -0.39 is 0 Å². The van der Waals surface area contributed by atoms with Crippen molar-refractivity contribution in [2.24, 2.45) is 5.92 Å². The number of nitrogens with zero attached hydrogens (tertiary/aromatic N) is 2. The molecule has 0 saturated carbocycles. The van der Waals surface area contributed by atoms with Crippen molar-refractivity contribution in [2.75, 3.05) is 0 Å². The van der Waals surface area contributed by atoms with E-state index in [1.165, 1.54) is 81.1 Å². The van der Waals surface area contributed by atoms with Gasteiger partial charge in [0.25, 0.3) is 0 Å². The number of hydrogen-bond acceptors (Lipinski definition) is 2. The number of para-hydroxylation sites is 2. The summed E-state index contributed by atoms with van der Waals surface area (Å²) in [5.41, 5.74) is 12.8. The second-order valence-electron chi connectivity index (χ2n) is 12.4. The van der Waals surface area contributed by atoms with Gasteiger partial charge in [-0.3, -0.25) is 4.98 Å². The zero-order valence-corrected chi connectivity index (χ0v) is 25.6. The molecule has 2 atom stereocenters. The third-order valence-corrected chi connectivity index (χ3v) is 11.1. The number of aromatic nitrogens is 2. The van der Waals surface area contributed by atoms with Crippen LogP contribution >= 0.6 is 11.3 Å². The summed E-state index contributed by atoms with van der Waals surface area (Å²) < 4.78 is 4.95. The van der Waals surface area contributed by atoms with Gasteiger partial charge in [0.2, 0.25) is 0 Å². The smallest absolute Gasteiger partial charge is 0.0877 e. The molecule has 3 heteroatoms. The first-order chi connectivity index (χ1) is 22.2. The van der Waals surface area contributed by atoms with E-state index in [0.29, 0.717) is 11.8 Å². The molecule has 0 radical (unpaired) electrons. The van der Waals surface area contributed by atoms with Gasteiger partial charge in [-0.05, 0) is 81.8 Å². The van der Waals surface area contributed by atoms with Crippen LogP contribution in [0.3, 0.4) is 0 Å². The van der Waals surface area contributed by atoms with Crippen LogP contribution in [0.5, 0.6) is 0 Å². The van der Waals surface area contributed by atoms with Crippen LogP contribution in [0.15, 0.2) is 140 Å². The summed E-state index contributed by atoms with van der Waals surface area (Å²) in [6.07, 6.45) is 6.88. The van der Waals surface area contributed by atoms with Crippen LogP contribution in [0, 0.1) is 5.92 Å². The monoisotopic (exact) mass is 592 g/mol. The average Bonchev–Trinajstić information content (AvgIpc) is 3.63. The van der Waals surface area contributed by atoms with Crippen LogP contribution in [-0.2, 0) is 0 Å². The Morgan fingerprint density at radius 2 is 1.33 bits per heavy atom. The minimum atomic E-state index is 0.343. The Kier molecular flexibility index (Phi) is 5.23. The van der Waals surface area contributed by atoms with Crippen LogP contribution in [0.1, 0.15) is 29.7 Å². The third kappa shape index (κ3) is 3.53. The normalized spacial score (nSPS) is 17.3. The Bertz CT molecular complexity index is 2520. The maximum absolute atomic E-state index is 5.04. The lowest BCUT2D eigenvalue weighted by atomic mass is 9.67. The van der Waals surface area contributed by atoms with Gasteiger partial charge in [-0.25, -0.2) is 0 Å². The maximum Gasteiger partial charge on any atom is 0.0877 e. The Morgan fingerprint density at radius 3 is 2.13 bits per heavy atom. The zero-order valence-electron chi connectivity index (χ0n) is 24.7. The SMILES string of the molecule is CC1C=C(c2nccc3c2sc2ccc(-n4c5ccccc5c5ccccc54)cc23)C=C2c3ccccc3-c3ccccc3C21. The molecule has 3 heterocycles. The molecule has 2 aliphatic carbocycles. The first-order valence-corrected chi connectivity index (χ1v) is 16.5. The van der Waals surface area contributed by atoms with Gasteiger partial charge in [0.05, 0.1) is 21.4 Å². The molecular weight excluding hydrogens is 565 g/mol. The van der Waals surface area contributed by atoms with Gasteiger partial charge < -0.3 is 4.57 Å². The Hall–Kier alpha value is -5.25. The minimum Gasteiger partial charge on any atom is -0.309 e. The van der Waals surface area contributed by atoms with E-state index in [9.17, 15) is 0 Å². The summed E-state index contributed by atoms with van der Waals surface area (Å²) in [6.45, 7) is 2.37. The topological polar surface area (TPSA) is 17.8 Å². The summed E-state index contributed by atoms with van der Waals surface area (Å²) in [5.74, 6) is 0.693. The molecule has 0 fully saturated rings. The van der Waals surface area contributed by atoms with Gasteiger partial charge in [0.1, 0.15) is 0 Å². The molecule has 3 aromatic heterocycles.